The van der Waals surface area contributed by atoms with Gasteiger partial charge in [-0.05, 0) is 40.0 Å². The van der Waals surface area contributed by atoms with E-state index in [-0.39, 0.29) is 5.78 Å². The third-order valence-corrected chi connectivity index (χ3v) is 3.09. The lowest BCUT2D eigenvalue weighted by Crippen LogP contribution is -2.52. The highest BCUT2D eigenvalue weighted by atomic mass is 16.6. The molecule has 1 unspecified atom stereocenters. The number of nitrogens with one attached hydrogen (secondary N) is 1. The minimum Gasteiger partial charge on any atom is -0.444 e. The van der Waals surface area contributed by atoms with Crippen LogP contribution in [0.2, 0.25) is 0 Å². The van der Waals surface area contributed by atoms with Gasteiger partial charge in [-0.15, -0.1) is 0 Å². The van der Waals surface area contributed by atoms with Crippen LogP contribution in [0.3, 0.4) is 0 Å². The lowest BCUT2D eigenvalue weighted by atomic mass is 9.79. The van der Waals surface area contributed by atoms with Crippen LogP contribution in [0.15, 0.2) is 0 Å². The lowest BCUT2D eigenvalue weighted by molar-refractivity contribution is -0.122. The van der Waals surface area contributed by atoms with Crippen molar-refractivity contribution >= 4 is 11.9 Å². The Hall–Kier alpha value is -1.06. The second-order valence-electron chi connectivity index (χ2n) is 5.83. The van der Waals surface area contributed by atoms with Crippen LogP contribution in [0.5, 0.6) is 0 Å². The summed E-state index contributed by atoms with van der Waals surface area (Å²) >= 11 is 0. The van der Waals surface area contributed by atoms with Crippen LogP contribution in [-0.4, -0.2) is 23.0 Å². The third-order valence-electron chi connectivity index (χ3n) is 3.09. The zero-order valence-electron chi connectivity index (χ0n) is 11.3. The summed E-state index contributed by atoms with van der Waals surface area (Å²) in [6.45, 7) is 7.49. The van der Waals surface area contributed by atoms with Crippen LogP contribution < -0.4 is 5.32 Å². The molecule has 1 aliphatic rings. The molecule has 0 aromatic carbocycles. The van der Waals surface area contributed by atoms with Gasteiger partial charge in [-0.1, -0.05) is 6.92 Å². The Morgan fingerprint density at radius 1 is 1.47 bits per heavy atom. The first-order valence-electron chi connectivity index (χ1n) is 6.29. The van der Waals surface area contributed by atoms with Crippen LogP contribution in [0.1, 0.15) is 59.8 Å². The van der Waals surface area contributed by atoms with Gasteiger partial charge in [-0.25, -0.2) is 4.79 Å². The molecule has 1 atom stereocenters. The van der Waals surface area contributed by atoms with Crippen LogP contribution in [0.4, 0.5) is 4.79 Å². The van der Waals surface area contributed by atoms with Gasteiger partial charge in [0.1, 0.15) is 11.4 Å². The molecule has 98 valence electrons. The van der Waals surface area contributed by atoms with Crippen LogP contribution in [0.25, 0.3) is 0 Å². The van der Waals surface area contributed by atoms with Crippen molar-refractivity contribution in [2.24, 2.45) is 0 Å². The number of rotatable bonds is 2. The minimum atomic E-state index is -0.502. The molecule has 1 aliphatic carbocycles. The molecule has 0 aromatic heterocycles. The van der Waals surface area contributed by atoms with Gasteiger partial charge in [0.05, 0.1) is 5.54 Å². The lowest BCUT2D eigenvalue weighted by Gasteiger charge is -2.37. The highest BCUT2D eigenvalue weighted by Gasteiger charge is 2.36. The summed E-state index contributed by atoms with van der Waals surface area (Å²) in [6, 6.07) is 0. The Morgan fingerprint density at radius 2 is 2.12 bits per heavy atom. The molecule has 4 heteroatoms. The third kappa shape index (κ3) is 4.36. The summed E-state index contributed by atoms with van der Waals surface area (Å²) < 4.78 is 5.24. The van der Waals surface area contributed by atoms with Crippen molar-refractivity contribution in [2.45, 2.75) is 70.9 Å². The number of Topliss-reactive ketones (excluding diaryl/α,β-unsaturated/α-hetero) is 1. The quantitative estimate of drug-likeness (QED) is 0.808. The fraction of sp³-hybridized carbons (Fsp3) is 0.846. The number of hydrogen-bond donors (Lipinski definition) is 1. The van der Waals surface area contributed by atoms with E-state index in [2.05, 4.69) is 5.32 Å². The fourth-order valence-corrected chi connectivity index (χ4v) is 2.20. The standard InChI is InChI=1S/C13H23NO3/c1-5-13(8-6-7-10(15)9-13)14-11(16)17-12(2,3)4/h5-9H2,1-4H3,(H,14,16). The molecule has 0 aromatic rings. The number of carbonyl (C=O) groups excluding carboxylic acids is 2. The first-order valence-corrected chi connectivity index (χ1v) is 6.29. The number of amides is 1. The van der Waals surface area contributed by atoms with Gasteiger partial charge in [0, 0.05) is 12.8 Å². The molecule has 0 heterocycles. The van der Waals surface area contributed by atoms with Crippen LogP contribution >= 0.6 is 0 Å². The Balaban J connectivity index is 2.62. The molecular weight excluding hydrogens is 218 g/mol. The Bertz CT molecular complexity index is 306. The number of carbonyl (C=O) groups is 2. The first kappa shape index (κ1) is 14.0. The van der Waals surface area contributed by atoms with Crippen molar-refractivity contribution < 1.29 is 14.3 Å². The zero-order chi connectivity index (χ0) is 13.1. The molecule has 1 N–H and O–H groups in total. The maximum absolute atomic E-state index is 11.8. The average molecular weight is 241 g/mol. The van der Waals surface area contributed by atoms with Gasteiger partial charge < -0.3 is 10.1 Å². The highest BCUT2D eigenvalue weighted by molar-refractivity contribution is 5.81. The molecule has 1 amide bonds. The van der Waals surface area contributed by atoms with Crippen LogP contribution in [0, 0.1) is 0 Å². The molecule has 0 aliphatic heterocycles. The minimum absolute atomic E-state index is 0.231. The summed E-state index contributed by atoms with van der Waals surface area (Å²) in [5.41, 5.74) is -0.893. The predicted molar refractivity (Wildman–Crippen MR) is 65.9 cm³/mol. The number of hydrogen-bond acceptors (Lipinski definition) is 3. The van der Waals surface area contributed by atoms with Crippen molar-refractivity contribution in [1.82, 2.24) is 5.32 Å². The summed E-state index contributed by atoms with van der Waals surface area (Å²) in [7, 11) is 0. The van der Waals surface area contributed by atoms with Crippen molar-refractivity contribution in [3.63, 3.8) is 0 Å². The smallest absolute Gasteiger partial charge is 0.408 e. The fourth-order valence-electron chi connectivity index (χ4n) is 2.20. The molecule has 17 heavy (non-hydrogen) atoms. The second kappa shape index (κ2) is 5.07. The summed E-state index contributed by atoms with van der Waals surface area (Å²) in [4.78, 5) is 23.3. The largest absolute Gasteiger partial charge is 0.444 e. The van der Waals surface area contributed by atoms with Gasteiger partial charge in [-0.3, -0.25) is 4.79 Å². The second-order valence-corrected chi connectivity index (χ2v) is 5.83. The van der Waals surface area contributed by atoms with E-state index < -0.39 is 17.2 Å². The van der Waals surface area contributed by atoms with E-state index in [1.54, 1.807) is 0 Å². The highest BCUT2D eigenvalue weighted by Crippen LogP contribution is 2.29. The first-order chi connectivity index (χ1) is 7.76. The van der Waals surface area contributed by atoms with Gasteiger partial charge in [0.15, 0.2) is 0 Å². The van der Waals surface area contributed by atoms with E-state index >= 15 is 0 Å². The Kier molecular flexibility index (Phi) is 4.17. The maximum Gasteiger partial charge on any atom is 0.408 e. The molecule has 1 rings (SSSR count). The molecule has 0 bridgehead atoms. The molecule has 0 spiro atoms. The molecule has 1 saturated carbocycles. The van der Waals surface area contributed by atoms with Gasteiger partial charge >= 0.3 is 6.09 Å². The summed E-state index contributed by atoms with van der Waals surface area (Å²) in [5.74, 6) is 0.231. The predicted octanol–water partition coefficient (Wildman–Crippen LogP) is 2.80. The van der Waals surface area contributed by atoms with E-state index in [0.29, 0.717) is 12.8 Å². The average Bonchev–Trinajstić information content (AvgIpc) is 2.14. The molecular formula is C13H23NO3. The van der Waals surface area contributed by atoms with Crippen molar-refractivity contribution in [1.29, 1.82) is 0 Å². The van der Waals surface area contributed by atoms with Crippen LogP contribution in [-0.2, 0) is 9.53 Å². The SMILES string of the molecule is CCC1(NC(=O)OC(C)(C)C)CCCC(=O)C1. The topological polar surface area (TPSA) is 55.4 Å². The summed E-state index contributed by atoms with van der Waals surface area (Å²) in [6.07, 6.45) is 3.11. The van der Waals surface area contributed by atoms with Gasteiger partial charge in [0.2, 0.25) is 0 Å². The summed E-state index contributed by atoms with van der Waals surface area (Å²) in [5, 5.41) is 2.89. The monoisotopic (exact) mass is 241 g/mol. The van der Waals surface area contributed by atoms with Gasteiger partial charge in [-0.2, -0.15) is 0 Å². The zero-order valence-corrected chi connectivity index (χ0v) is 11.3. The molecule has 0 radical (unpaired) electrons. The maximum atomic E-state index is 11.8. The van der Waals surface area contributed by atoms with E-state index in [4.69, 9.17) is 4.74 Å². The normalized spacial score (nSPS) is 25.5. The molecule has 4 nitrogen and oxygen atoms in total. The van der Waals surface area contributed by atoms with E-state index in [1.165, 1.54) is 0 Å². The Morgan fingerprint density at radius 3 is 2.59 bits per heavy atom. The number of ether oxygens (including phenoxy) is 1. The van der Waals surface area contributed by atoms with Crippen molar-refractivity contribution in [3.05, 3.63) is 0 Å². The van der Waals surface area contributed by atoms with Gasteiger partial charge in [0.25, 0.3) is 0 Å². The van der Waals surface area contributed by atoms with E-state index in [1.807, 2.05) is 27.7 Å². The van der Waals surface area contributed by atoms with E-state index in [0.717, 1.165) is 19.3 Å². The van der Waals surface area contributed by atoms with Crippen molar-refractivity contribution in [2.75, 3.05) is 0 Å². The molecule has 1 fully saturated rings. The Labute approximate surface area is 103 Å². The van der Waals surface area contributed by atoms with Crippen molar-refractivity contribution in [3.8, 4) is 0 Å². The molecule has 0 saturated heterocycles. The van der Waals surface area contributed by atoms with E-state index in [9.17, 15) is 9.59 Å². The number of alkyl carbamates (subject to hydrolysis) is 1. The number of ketones is 1.